The van der Waals surface area contributed by atoms with Gasteiger partial charge in [0.1, 0.15) is 5.82 Å². The van der Waals surface area contributed by atoms with Gasteiger partial charge >= 0.3 is 0 Å². The fourth-order valence-electron chi connectivity index (χ4n) is 2.63. The predicted octanol–water partition coefficient (Wildman–Crippen LogP) is 4.08. The average molecular weight is 277 g/mol. The molecule has 0 atom stereocenters. The summed E-state index contributed by atoms with van der Waals surface area (Å²) in [5.74, 6) is 1.10. The first kappa shape index (κ1) is 13.6. The molecule has 21 heavy (non-hydrogen) atoms. The van der Waals surface area contributed by atoms with Crippen molar-refractivity contribution in [3.63, 3.8) is 0 Å². The van der Waals surface area contributed by atoms with Crippen LogP contribution in [-0.4, -0.2) is 9.97 Å². The molecule has 2 N–H and O–H groups in total. The van der Waals surface area contributed by atoms with Gasteiger partial charge in [0, 0.05) is 22.7 Å². The van der Waals surface area contributed by atoms with Gasteiger partial charge in [-0.15, -0.1) is 0 Å². The fourth-order valence-corrected chi connectivity index (χ4v) is 2.63. The topological polar surface area (TPSA) is 51.8 Å². The van der Waals surface area contributed by atoms with Crippen LogP contribution in [0, 0.1) is 5.92 Å². The van der Waals surface area contributed by atoms with Crippen LogP contribution in [-0.2, 0) is 6.42 Å². The van der Waals surface area contributed by atoms with Crippen molar-refractivity contribution in [2.24, 2.45) is 5.92 Å². The second kappa shape index (κ2) is 5.52. The SMILES string of the molecule is CC(C)Cc1nc(N)ccc1-c1cccc2cccnc12. The summed E-state index contributed by atoms with van der Waals surface area (Å²) in [6.07, 6.45) is 2.74. The molecule has 0 saturated carbocycles. The first-order valence-corrected chi connectivity index (χ1v) is 7.24. The maximum absolute atomic E-state index is 5.87. The van der Waals surface area contributed by atoms with Crippen molar-refractivity contribution in [2.75, 3.05) is 5.73 Å². The summed E-state index contributed by atoms with van der Waals surface area (Å²) in [6, 6.07) is 14.2. The van der Waals surface area contributed by atoms with Gasteiger partial charge in [-0.2, -0.15) is 0 Å². The van der Waals surface area contributed by atoms with Crippen molar-refractivity contribution in [1.29, 1.82) is 0 Å². The van der Waals surface area contributed by atoms with E-state index in [0.717, 1.165) is 34.1 Å². The van der Waals surface area contributed by atoms with Crippen molar-refractivity contribution in [2.45, 2.75) is 20.3 Å². The van der Waals surface area contributed by atoms with Gasteiger partial charge in [-0.05, 0) is 30.5 Å². The zero-order chi connectivity index (χ0) is 14.8. The zero-order valence-corrected chi connectivity index (χ0v) is 12.4. The Hall–Kier alpha value is -2.42. The van der Waals surface area contributed by atoms with Crippen molar-refractivity contribution < 1.29 is 0 Å². The number of nitrogens with two attached hydrogens (primary N) is 1. The minimum Gasteiger partial charge on any atom is -0.384 e. The summed E-state index contributed by atoms with van der Waals surface area (Å²) >= 11 is 0. The molecule has 3 rings (SSSR count). The summed E-state index contributed by atoms with van der Waals surface area (Å²) in [6.45, 7) is 4.38. The third kappa shape index (κ3) is 2.72. The normalized spacial score (nSPS) is 11.2. The number of hydrogen-bond donors (Lipinski definition) is 1. The molecule has 106 valence electrons. The molecule has 2 aromatic heterocycles. The summed E-state index contributed by atoms with van der Waals surface area (Å²) in [5.41, 5.74) is 10.2. The summed E-state index contributed by atoms with van der Waals surface area (Å²) in [7, 11) is 0. The Morgan fingerprint density at radius 2 is 1.81 bits per heavy atom. The highest BCUT2D eigenvalue weighted by atomic mass is 14.8. The Labute approximate surface area is 124 Å². The second-order valence-electron chi connectivity index (χ2n) is 5.71. The van der Waals surface area contributed by atoms with Gasteiger partial charge in [0.05, 0.1) is 11.2 Å². The first-order valence-electron chi connectivity index (χ1n) is 7.24. The zero-order valence-electron chi connectivity index (χ0n) is 12.4. The van der Waals surface area contributed by atoms with Crippen LogP contribution in [0.15, 0.2) is 48.7 Å². The van der Waals surface area contributed by atoms with Crippen LogP contribution in [0.25, 0.3) is 22.0 Å². The summed E-state index contributed by atoms with van der Waals surface area (Å²) in [4.78, 5) is 9.09. The number of rotatable bonds is 3. The molecular weight excluding hydrogens is 258 g/mol. The van der Waals surface area contributed by atoms with Crippen molar-refractivity contribution in [3.05, 3.63) is 54.4 Å². The Balaban J connectivity index is 2.23. The molecular formula is C18H19N3. The highest BCUT2D eigenvalue weighted by Gasteiger charge is 2.12. The van der Waals surface area contributed by atoms with Gasteiger partial charge in [-0.3, -0.25) is 4.98 Å². The molecule has 0 aliphatic carbocycles. The lowest BCUT2D eigenvalue weighted by molar-refractivity contribution is 0.637. The number of fused-ring (bicyclic) bond motifs is 1. The Morgan fingerprint density at radius 1 is 1.00 bits per heavy atom. The van der Waals surface area contributed by atoms with Crippen LogP contribution >= 0.6 is 0 Å². The number of pyridine rings is 2. The van der Waals surface area contributed by atoms with Crippen LogP contribution in [0.1, 0.15) is 19.5 Å². The molecule has 2 heterocycles. The van der Waals surface area contributed by atoms with Gasteiger partial charge in [-0.1, -0.05) is 38.1 Å². The predicted molar refractivity (Wildman–Crippen MR) is 87.9 cm³/mol. The van der Waals surface area contributed by atoms with Crippen LogP contribution < -0.4 is 5.73 Å². The van der Waals surface area contributed by atoms with Gasteiger partial charge in [-0.25, -0.2) is 4.98 Å². The van der Waals surface area contributed by atoms with Crippen LogP contribution in [0.5, 0.6) is 0 Å². The lowest BCUT2D eigenvalue weighted by Gasteiger charge is -2.13. The molecule has 0 radical (unpaired) electrons. The minimum atomic E-state index is 0.529. The van der Waals surface area contributed by atoms with E-state index in [1.807, 2.05) is 18.3 Å². The third-order valence-electron chi connectivity index (χ3n) is 3.52. The first-order chi connectivity index (χ1) is 10.1. The van der Waals surface area contributed by atoms with E-state index in [2.05, 4.69) is 54.1 Å². The maximum atomic E-state index is 5.87. The Kier molecular flexibility index (Phi) is 3.57. The van der Waals surface area contributed by atoms with E-state index >= 15 is 0 Å². The third-order valence-corrected chi connectivity index (χ3v) is 3.52. The van der Waals surface area contributed by atoms with E-state index in [1.54, 1.807) is 0 Å². The van der Waals surface area contributed by atoms with E-state index in [9.17, 15) is 0 Å². The van der Waals surface area contributed by atoms with Crippen LogP contribution in [0.3, 0.4) is 0 Å². The van der Waals surface area contributed by atoms with Gasteiger partial charge < -0.3 is 5.73 Å². The quantitative estimate of drug-likeness (QED) is 0.785. The number of benzene rings is 1. The van der Waals surface area contributed by atoms with Gasteiger partial charge in [0.2, 0.25) is 0 Å². The van der Waals surface area contributed by atoms with Crippen molar-refractivity contribution >= 4 is 16.7 Å². The van der Waals surface area contributed by atoms with E-state index in [1.165, 1.54) is 0 Å². The van der Waals surface area contributed by atoms with Gasteiger partial charge in [0.15, 0.2) is 0 Å². The lowest BCUT2D eigenvalue weighted by atomic mass is 9.96. The molecule has 3 heteroatoms. The molecule has 0 bridgehead atoms. The molecule has 0 unspecified atom stereocenters. The standard InChI is InChI=1S/C18H19N3/c1-12(2)11-16-14(8-9-17(19)21-16)15-7-3-5-13-6-4-10-20-18(13)15/h3-10,12H,11H2,1-2H3,(H2,19,21). The second-order valence-corrected chi connectivity index (χ2v) is 5.71. The molecule has 0 amide bonds. The number of aromatic nitrogens is 2. The highest BCUT2D eigenvalue weighted by Crippen LogP contribution is 2.30. The smallest absolute Gasteiger partial charge is 0.123 e. The number of anilines is 1. The van der Waals surface area contributed by atoms with E-state index < -0.39 is 0 Å². The van der Waals surface area contributed by atoms with E-state index in [0.29, 0.717) is 11.7 Å². The molecule has 0 aliphatic rings. The lowest BCUT2D eigenvalue weighted by Crippen LogP contribution is -2.03. The highest BCUT2D eigenvalue weighted by molar-refractivity contribution is 5.94. The molecule has 1 aromatic carbocycles. The summed E-state index contributed by atoms with van der Waals surface area (Å²) < 4.78 is 0. The molecule has 0 aliphatic heterocycles. The van der Waals surface area contributed by atoms with Crippen LogP contribution in [0.2, 0.25) is 0 Å². The monoisotopic (exact) mass is 277 g/mol. The number of hydrogen-bond acceptors (Lipinski definition) is 3. The Morgan fingerprint density at radius 3 is 2.62 bits per heavy atom. The number of nitrogens with zero attached hydrogens (tertiary/aromatic N) is 2. The molecule has 0 spiro atoms. The van der Waals surface area contributed by atoms with Gasteiger partial charge in [0.25, 0.3) is 0 Å². The molecule has 0 fully saturated rings. The van der Waals surface area contributed by atoms with Crippen molar-refractivity contribution in [1.82, 2.24) is 9.97 Å². The molecule has 0 saturated heterocycles. The number of para-hydroxylation sites is 1. The number of nitrogen functional groups attached to an aromatic ring is 1. The summed E-state index contributed by atoms with van der Waals surface area (Å²) in [5, 5.41) is 1.14. The molecule has 3 aromatic rings. The van der Waals surface area contributed by atoms with Crippen molar-refractivity contribution in [3.8, 4) is 11.1 Å². The van der Waals surface area contributed by atoms with E-state index in [4.69, 9.17) is 5.73 Å². The fraction of sp³-hybridized carbons (Fsp3) is 0.222. The minimum absolute atomic E-state index is 0.529. The van der Waals surface area contributed by atoms with E-state index in [-0.39, 0.29) is 0 Å². The maximum Gasteiger partial charge on any atom is 0.123 e. The largest absolute Gasteiger partial charge is 0.384 e. The Bertz CT molecular complexity index is 773. The van der Waals surface area contributed by atoms with Crippen LogP contribution in [0.4, 0.5) is 5.82 Å². The average Bonchev–Trinajstić information content (AvgIpc) is 2.46. The molecule has 3 nitrogen and oxygen atoms in total.